The number of aromatic hydroxyl groups is 1. The molecule has 0 bridgehead atoms. The minimum absolute atomic E-state index is 0.108. The molecule has 1 unspecified atom stereocenters. The summed E-state index contributed by atoms with van der Waals surface area (Å²) < 4.78 is 0. The normalized spacial score (nSPS) is 12.2. The molecular formula is C12H16Cl2N2O2. The zero-order valence-corrected chi connectivity index (χ0v) is 11.8. The smallest absolute Gasteiger partial charge is 0.228 e. The van der Waals surface area contributed by atoms with Crippen molar-refractivity contribution >= 4 is 34.8 Å². The minimum atomic E-state index is -0.183. The SMILES string of the molecule is CCNCC(C)C(=O)Nc1cc(Cl)c(O)c(Cl)c1. The van der Waals surface area contributed by atoms with Crippen LogP contribution in [0.4, 0.5) is 5.69 Å². The summed E-state index contributed by atoms with van der Waals surface area (Å²) in [4.78, 5) is 11.8. The summed E-state index contributed by atoms with van der Waals surface area (Å²) in [5.74, 6) is -0.484. The van der Waals surface area contributed by atoms with Crippen molar-refractivity contribution in [1.82, 2.24) is 5.32 Å². The van der Waals surface area contributed by atoms with Gasteiger partial charge in [0, 0.05) is 18.2 Å². The van der Waals surface area contributed by atoms with Crippen LogP contribution >= 0.6 is 23.2 Å². The molecule has 0 heterocycles. The molecule has 0 saturated heterocycles. The standard InChI is InChI=1S/C12H16Cl2N2O2/c1-3-15-6-7(2)12(18)16-8-4-9(13)11(17)10(14)5-8/h4-5,7,15,17H,3,6H2,1-2H3,(H,16,18). The van der Waals surface area contributed by atoms with Gasteiger partial charge in [-0.25, -0.2) is 0 Å². The number of nitrogens with one attached hydrogen (secondary N) is 2. The van der Waals surface area contributed by atoms with Crippen molar-refractivity contribution in [3.8, 4) is 5.75 Å². The number of hydrogen-bond acceptors (Lipinski definition) is 3. The van der Waals surface area contributed by atoms with Crippen LogP contribution in [0.5, 0.6) is 5.75 Å². The van der Waals surface area contributed by atoms with Gasteiger partial charge in [-0.2, -0.15) is 0 Å². The van der Waals surface area contributed by atoms with Gasteiger partial charge in [0.1, 0.15) is 0 Å². The quantitative estimate of drug-likeness (QED) is 0.731. The summed E-state index contributed by atoms with van der Waals surface area (Å²) in [6.07, 6.45) is 0. The van der Waals surface area contributed by atoms with Crippen molar-refractivity contribution in [1.29, 1.82) is 0 Å². The molecule has 0 fully saturated rings. The van der Waals surface area contributed by atoms with Crippen molar-refractivity contribution in [2.75, 3.05) is 18.4 Å². The molecule has 100 valence electrons. The van der Waals surface area contributed by atoms with Crippen LogP contribution in [0.2, 0.25) is 10.0 Å². The molecule has 1 aromatic rings. The molecule has 0 saturated carbocycles. The van der Waals surface area contributed by atoms with Crippen LogP contribution in [-0.4, -0.2) is 24.1 Å². The maximum Gasteiger partial charge on any atom is 0.228 e. The fourth-order valence-corrected chi connectivity index (χ4v) is 1.84. The summed E-state index contributed by atoms with van der Waals surface area (Å²) in [6, 6.07) is 2.92. The van der Waals surface area contributed by atoms with E-state index in [4.69, 9.17) is 23.2 Å². The van der Waals surface area contributed by atoms with E-state index in [1.54, 1.807) is 0 Å². The number of rotatable bonds is 5. The molecule has 0 spiro atoms. The van der Waals surface area contributed by atoms with Gasteiger partial charge in [-0.3, -0.25) is 4.79 Å². The highest BCUT2D eigenvalue weighted by Crippen LogP contribution is 2.34. The number of amides is 1. The summed E-state index contributed by atoms with van der Waals surface area (Å²) in [5.41, 5.74) is 0.469. The van der Waals surface area contributed by atoms with E-state index < -0.39 is 0 Å². The second kappa shape index (κ2) is 6.83. The van der Waals surface area contributed by atoms with Crippen LogP contribution < -0.4 is 10.6 Å². The number of hydrogen-bond donors (Lipinski definition) is 3. The molecule has 1 atom stereocenters. The molecule has 6 heteroatoms. The lowest BCUT2D eigenvalue weighted by atomic mass is 10.1. The van der Waals surface area contributed by atoms with Crippen molar-refractivity contribution in [3.05, 3.63) is 22.2 Å². The van der Waals surface area contributed by atoms with E-state index in [-0.39, 0.29) is 27.6 Å². The first kappa shape index (κ1) is 15.1. The van der Waals surface area contributed by atoms with Gasteiger partial charge in [0.25, 0.3) is 0 Å². The third kappa shape index (κ3) is 4.05. The van der Waals surface area contributed by atoms with Gasteiger partial charge in [-0.15, -0.1) is 0 Å². The predicted octanol–water partition coefficient (Wildman–Crippen LogP) is 2.88. The van der Waals surface area contributed by atoms with Gasteiger partial charge in [0.05, 0.1) is 10.0 Å². The Morgan fingerprint density at radius 1 is 1.39 bits per heavy atom. The monoisotopic (exact) mass is 290 g/mol. The third-order valence-electron chi connectivity index (χ3n) is 2.43. The molecule has 0 aliphatic carbocycles. The molecule has 18 heavy (non-hydrogen) atoms. The molecule has 0 aliphatic rings. The van der Waals surface area contributed by atoms with Crippen LogP contribution in [0, 0.1) is 5.92 Å². The third-order valence-corrected chi connectivity index (χ3v) is 3.01. The average Bonchev–Trinajstić information content (AvgIpc) is 2.32. The van der Waals surface area contributed by atoms with E-state index in [0.717, 1.165) is 6.54 Å². The van der Waals surface area contributed by atoms with E-state index in [0.29, 0.717) is 12.2 Å². The first-order valence-corrected chi connectivity index (χ1v) is 6.40. The zero-order valence-electron chi connectivity index (χ0n) is 10.3. The zero-order chi connectivity index (χ0) is 13.7. The van der Waals surface area contributed by atoms with Crippen LogP contribution in [0.1, 0.15) is 13.8 Å². The van der Waals surface area contributed by atoms with E-state index in [1.807, 2.05) is 13.8 Å². The van der Waals surface area contributed by atoms with E-state index >= 15 is 0 Å². The number of carbonyl (C=O) groups excluding carboxylic acids is 1. The van der Waals surface area contributed by atoms with Crippen LogP contribution in [0.25, 0.3) is 0 Å². The first-order valence-electron chi connectivity index (χ1n) is 5.65. The lowest BCUT2D eigenvalue weighted by Gasteiger charge is -2.13. The number of phenolic OH excluding ortho intramolecular Hbond substituents is 1. The number of anilines is 1. The largest absolute Gasteiger partial charge is 0.505 e. The van der Waals surface area contributed by atoms with Gasteiger partial charge in [-0.05, 0) is 18.7 Å². The van der Waals surface area contributed by atoms with Crippen LogP contribution in [0.3, 0.4) is 0 Å². The number of benzene rings is 1. The Labute approximate surface area is 116 Å². The van der Waals surface area contributed by atoms with Gasteiger partial charge >= 0.3 is 0 Å². The minimum Gasteiger partial charge on any atom is -0.505 e. The lowest BCUT2D eigenvalue weighted by molar-refractivity contribution is -0.119. The van der Waals surface area contributed by atoms with E-state index in [9.17, 15) is 9.90 Å². The maximum absolute atomic E-state index is 11.8. The molecule has 1 aromatic carbocycles. The molecule has 0 aromatic heterocycles. The van der Waals surface area contributed by atoms with Gasteiger partial charge < -0.3 is 15.7 Å². The Morgan fingerprint density at radius 2 is 1.94 bits per heavy atom. The Hall–Kier alpha value is -0.970. The fourth-order valence-electron chi connectivity index (χ4n) is 1.36. The first-order chi connectivity index (χ1) is 8.45. The van der Waals surface area contributed by atoms with Crippen molar-refractivity contribution in [2.24, 2.45) is 5.92 Å². The molecule has 1 amide bonds. The van der Waals surface area contributed by atoms with Gasteiger partial charge in [-0.1, -0.05) is 37.0 Å². The number of carbonyl (C=O) groups is 1. The highest BCUT2D eigenvalue weighted by atomic mass is 35.5. The summed E-state index contributed by atoms with van der Waals surface area (Å²) >= 11 is 11.5. The number of halogens is 2. The fraction of sp³-hybridized carbons (Fsp3) is 0.417. The highest BCUT2D eigenvalue weighted by Gasteiger charge is 2.14. The van der Waals surface area contributed by atoms with Gasteiger partial charge in [0.15, 0.2) is 5.75 Å². The average molecular weight is 291 g/mol. The predicted molar refractivity (Wildman–Crippen MR) is 74.5 cm³/mol. The second-order valence-corrected chi connectivity index (χ2v) is 4.80. The van der Waals surface area contributed by atoms with Crippen LogP contribution in [0.15, 0.2) is 12.1 Å². The molecule has 4 nitrogen and oxygen atoms in total. The molecule has 0 radical (unpaired) electrons. The highest BCUT2D eigenvalue weighted by molar-refractivity contribution is 6.37. The number of phenols is 1. The Bertz CT molecular complexity index is 415. The van der Waals surface area contributed by atoms with Crippen molar-refractivity contribution in [3.63, 3.8) is 0 Å². The maximum atomic E-state index is 11.8. The van der Waals surface area contributed by atoms with E-state index in [1.165, 1.54) is 12.1 Å². The molecule has 3 N–H and O–H groups in total. The molecular weight excluding hydrogens is 275 g/mol. The van der Waals surface area contributed by atoms with Gasteiger partial charge in [0.2, 0.25) is 5.91 Å². The summed E-state index contributed by atoms with van der Waals surface area (Å²) in [7, 11) is 0. The van der Waals surface area contributed by atoms with Crippen molar-refractivity contribution in [2.45, 2.75) is 13.8 Å². The Kier molecular flexibility index (Phi) is 5.72. The summed E-state index contributed by atoms with van der Waals surface area (Å²) in [6.45, 7) is 5.21. The Morgan fingerprint density at radius 3 is 2.44 bits per heavy atom. The van der Waals surface area contributed by atoms with Crippen LogP contribution in [-0.2, 0) is 4.79 Å². The van der Waals surface area contributed by atoms with Crippen molar-refractivity contribution < 1.29 is 9.90 Å². The molecule has 1 rings (SSSR count). The Balaban J connectivity index is 2.70. The summed E-state index contributed by atoms with van der Waals surface area (Å²) in [5, 5.41) is 15.4. The van der Waals surface area contributed by atoms with E-state index in [2.05, 4.69) is 10.6 Å². The lowest BCUT2D eigenvalue weighted by Crippen LogP contribution is -2.30. The second-order valence-electron chi connectivity index (χ2n) is 3.99. The topological polar surface area (TPSA) is 61.4 Å². The molecule has 0 aliphatic heterocycles.